The maximum absolute atomic E-state index is 4.20. The third kappa shape index (κ3) is 3.63. The van der Waals surface area contributed by atoms with Gasteiger partial charge in [-0.1, -0.05) is 13.0 Å². The highest BCUT2D eigenvalue weighted by atomic mass is 32.2. The van der Waals surface area contributed by atoms with Crippen molar-refractivity contribution in [1.29, 1.82) is 0 Å². The van der Waals surface area contributed by atoms with Crippen LogP contribution in [0.25, 0.3) is 0 Å². The highest BCUT2D eigenvalue weighted by Gasteiger charge is 2.29. The maximum atomic E-state index is 4.20. The van der Waals surface area contributed by atoms with Crippen molar-refractivity contribution in [1.82, 2.24) is 10.3 Å². The Morgan fingerprint density at radius 2 is 2.29 bits per heavy atom. The van der Waals surface area contributed by atoms with Crippen LogP contribution in [0.5, 0.6) is 0 Å². The normalized spacial score (nSPS) is 26.7. The van der Waals surface area contributed by atoms with E-state index in [0.29, 0.717) is 11.3 Å². The molecule has 4 heteroatoms. The van der Waals surface area contributed by atoms with Crippen LogP contribution < -0.4 is 5.32 Å². The molecule has 1 aromatic rings. The summed E-state index contributed by atoms with van der Waals surface area (Å²) in [6.07, 6.45) is 4.90. The minimum Gasteiger partial charge on any atom is -0.316 e. The fourth-order valence-electron chi connectivity index (χ4n) is 2.25. The molecule has 1 N–H and O–H groups in total. The average molecular weight is 268 g/mol. The van der Waals surface area contributed by atoms with Gasteiger partial charge >= 0.3 is 0 Å². The Bertz CT molecular complexity index is 331. The van der Waals surface area contributed by atoms with E-state index in [2.05, 4.69) is 53.9 Å². The van der Waals surface area contributed by atoms with Crippen LogP contribution in [0.1, 0.15) is 12.5 Å². The first-order valence-corrected chi connectivity index (χ1v) is 8.20. The molecule has 1 aliphatic heterocycles. The minimum absolute atomic E-state index is 0.548. The van der Waals surface area contributed by atoms with Crippen molar-refractivity contribution in [3.63, 3.8) is 0 Å². The van der Waals surface area contributed by atoms with E-state index in [-0.39, 0.29) is 0 Å². The quantitative estimate of drug-likeness (QED) is 0.907. The number of aromatic nitrogens is 1. The van der Waals surface area contributed by atoms with E-state index in [1.165, 1.54) is 17.1 Å². The van der Waals surface area contributed by atoms with Gasteiger partial charge in [0.05, 0.1) is 0 Å². The van der Waals surface area contributed by atoms with Crippen LogP contribution in [0, 0.1) is 0 Å². The molecule has 3 atom stereocenters. The summed E-state index contributed by atoms with van der Waals surface area (Å²) in [5, 5.41) is 4.93. The lowest BCUT2D eigenvalue weighted by Crippen LogP contribution is -2.44. The molecular weight excluding hydrogens is 248 g/mol. The summed E-state index contributed by atoms with van der Waals surface area (Å²) in [4.78, 5) is 4.20. The highest BCUT2D eigenvalue weighted by molar-refractivity contribution is 8.07. The Kier molecular flexibility index (Phi) is 5.19. The van der Waals surface area contributed by atoms with E-state index >= 15 is 0 Å². The number of rotatable bonds is 4. The van der Waals surface area contributed by atoms with Gasteiger partial charge in [0.15, 0.2) is 0 Å². The van der Waals surface area contributed by atoms with E-state index < -0.39 is 0 Å². The Morgan fingerprint density at radius 3 is 2.94 bits per heavy atom. The monoisotopic (exact) mass is 268 g/mol. The molecule has 0 aliphatic carbocycles. The summed E-state index contributed by atoms with van der Waals surface area (Å²) >= 11 is 4.22. The van der Waals surface area contributed by atoms with Gasteiger partial charge in [-0.25, -0.2) is 0 Å². The van der Waals surface area contributed by atoms with Crippen molar-refractivity contribution >= 4 is 23.5 Å². The zero-order valence-corrected chi connectivity index (χ0v) is 12.1. The fourth-order valence-corrected chi connectivity index (χ4v) is 5.25. The lowest BCUT2D eigenvalue weighted by atomic mass is 10.0. The van der Waals surface area contributed by atoms with Gasteiger partial charge in [0, 0.05) is 40.4 Å². The van der Waals surface area contributed by atoms with Crippen LogP contribution in [0.15, 0.2) is 24.5 Å². The predicted octanol–water partition coefficient (Wildman–Crippen LogP) is 2.45. The summed E-state index contributed by atoms with van der Waals surface area (Å²) in [7, 11) is 2.08. The third-order valence-corrected chi connectivity index (χ3v) is 6.43. The minimum atomic E-state index is 0.548. The van der Waals surface area contributed by atoms with Crippen LogP contribution in [0.2, 0.25) is 0 Å². The molecule has 3 unspecified atom stereocenters. The van der Waals surface area contributed by atoms with E-state index in [1.807, 2.05) is 18.5 Å². The molecule has 0 spiro atoms. The van der Waals surface area contributed by atoms with Gasteiger partial charge in [0.25, 0.3) is 0 Å². The molecule has 1 aliphatic rings. The summed E-state index contributed by atoms with van der Waals surface area (Å²) in [5.74, 6) is 2.58. The number of pyridine rings is 1. The molecule has 0 amide bonds. The number of likely N-dealkylation sites (N-methyl/N-ethyl adjacent to an activating group) is 1. The van der Waals surface area contributed by atoms with Crippen LogP contribution in [0.4, 0.5) is 0 Å². The number of nitrogens with one attached hydrogen (secondary N) is 1. The fraction of sp³-hybridized carbons (Fsp3) is 0.615. The van der Waals surface area contributed by atoms with E-state index in [0.717, 1.165) is 11.7 Å². The molecule has 1 fully saturated rings. The molecule has 0 aromatic carbocycles. The van der Waals surface area contributed by atoms with E-state index in [9.17, 15) is 0 Å². The molecule has 0 radical (unpaired) electrons. The van der Waals surface area contributed by atoms with Gasteiger partial charge in [0.1, 0.15) is 0 Å². The second-order valence-corrected chi connectivity index (χ2v) is 7.14. The molecule has 94 valence electrons. The number of hydrogen-bond donors (Lipinski definition) is 1. The van der Waals surface area contributed by atoms with Crippen molar-refractivity contribution in [3.8, 4) is 0 Å². The number of nitrogens with zero attached hydrogens (tertiary/aromatic N) is 1. The van der Waals surface area contributed by atoms with Crippen LogP contribution >= 0.6 is 23.5 Å². The Balaban J connectivity index is 2.00. The predicted molar refractivity (Wildman–Crippen MR) is 79.0 cm³/mol. The molecular formula is C13H20N2S2. The van der Waals surface area contributed by atoms with Gasteiger partial charge in [-0.3, -0.25) is 4.98 Å². The van der Waals surface area contributed by atoms with E-state index in [1.54, 1.807) is 0 Å². The van der Waals surface area contributed by atoms with Crippen LogP contribution in [-0.2, 0) is 6.42 Å². The smallest absolute Gasteiger partial charge is 0.0320 e. The van der Waals surface area contributed by atoms with Crippen LogP contribution in [0.3, 0.4) is 0 Å². The largest absolute Gasteiger partial charge is 0.316 e. The third-order valence-electron chi connectivity index (χ3n) is 3.18. The molecule has 2 rings (SSSR count). The molecule has 0 bridgehead atoms. The summed E-state index contributed by atoms with van der Waals surface area (Å²) < 4.78 is 0. The molecule has 1 saturated heterocycles. The second-order valence-electron chi connectivity index (χ2n) is 4.37. The number of hydrogen-bond acceptors (Lipinski definition) is 4. The van der Waals surface area contributed by atoms with Gasteiger partial charge in [-0.05, 0) is 25.1 Å². The molecule has 2 heterocycles. The average Bonchev–Trinajstić information content (AvgIpc) is 2.38. The van der Waals surface area contributed by atoms with Crippen molar-refractivity contribution < 1.29 is 0 Å². The molecule has 2 nitrogen and oxygen atoms in total. The standard InChI is InChI=1S/C13H20N2S2/c1-10-13(17-7-6-16-10)12(14-2)8-11-4-3-5-15-9-11/h3-5,9-10,12-14H,6-8H2,1-2H3. The van der Waals surface area contributed by atoms with Gasteiger partial charge < -0.3 is 5.32 Å². The molecule has 1 aromatic heterocycles. The van der Waals surface area contributed by atoms with Gasteiger partial charge in [-0.15, -0.1) is 0 Å². The zero-order valence-electron chi connectivity index (χ0n) is 10.4. The summed E-state index contributed by atoms with van der Waals surface area (Å²) in [6.45, 7) is 2.36. The van der Waals surface area contributed by atoms with Crippen molar-refractivity contribution in [3.05, 3.63) is 30.1 Å². The number of thioether (sulfide) groups is 2. The second kappa shape index (κ2) is 6.66. The Morgan fingerprint density at radius 1 is 1.47 bits per heavy atom. The van der Waals surface area contributed by atoms with Gasteiger partial charge in [-0.2, -0.15) is 23.5 Å². The summed E-state index contributed by atoms with van der Waals surface area (Å²) in [5.41, 5.74) is 1.33. The first-order valence-electron chi connectivity index (χ1n) is 6.10. The maximum Gasteiger partial charge on any atom is 0.0320 e. The molecule has 17 heavy (non-hydrogen) atoms. The van der Waals surface area contributed by atoms with Crippen molar-refractivity contribution in [2.24, 2.45) is 0 Å². The lowest BCUT2D eigenvalue weighted by molar-refractivity contribution is 0.530. The van der Waals surface area contributed by atoms with E-state index in [4.69, 9.17) is 0 Å². The zero-order chi connectivity index (χ0) is 12.1. The first kappa shape index (κ1) is 13.2. The SMILES string of the molecule is CNC(Cc1cccnc1)C1SCCSC1C. The Labute approximate surface area is 112 Å². The van der Waals surface area contributed by atoms with Gasteiger partial charge in [0.2, 0.25) is 0 Å². The topological polar surface area (TPSA) is 24.9 Å². The van der Waals surface area contributed by atoms with Crippen molar-refractivity contribution in [2.75, 3.05) is 18.6 Å². The molecule has 0 saturated carbocycles. The Hall–Kier alpha value is -0.190. The lowest BCUT2D eigenvalue weighted by Gasteiger charge is -2.34. The van der Waals surface area contributed by atoms with Crippen LogP contribution in [-0.4, -0.2) is 40.1 Å². The van der Waals surface area contributed by atoms with Crippen molar-refractivity contribution in [2.45, 2.75) is 29.9 Å². The highest BCUT2D eigenvalue weighted by Crippen LogP contribution is 2.33. The summed E-state index contributed by atoms with van der Waals surface area (Å²) in [6, 6.07) is 4.74. The first-order chi connectivity index (χ1) is 8.31.